The molecule has 0 fully saturated rings. The van der Waals surface area contributed by atoms with Crippen molar-refractivity contribution in [3.63, 3.8) is 0 Å². The third kappa shape index (κ3) is 3.72. The largest absolute Gasteiger partial charge is 0.457 e. The summed E-state index contributed by atoms with van der Waals surface area (Å²) < 4.78 is 46.3. The molecule has 0 aromatic heterocycles. The van der Waals surface area contributed by atoms with E-state index in [0.29, 0.717) is 11.5 Å². The Morgan fingerprint density at radius 2 is 1.46 bits per heavy atom. The van der Waals surface area contributed by atoms with Crippen molar-refractivity contribution in [2.75, 3.05) is 4.72 Å². The summed E-state index contributed by atoms with van der Waals surface area (Å²) in [7, 11) is -4.01. The first-order valence-corrected chi connectivity index (χ1v) is 8.63. The molecule has 1 N–H and O–H groups in total. The third-order valence-corrected chi connectivity index (χ3v) is 4.61. The Morgan fingerprint density at radius 1 is 0.792 bits per heavy atom. The lowest BCUT2D eigenvalue weighted by atomic mass is 10.3. The van der Waals surface area contributed by atoms with Crippen LogP contribution in [-0.2, 0) is 10.0 Å². The number of sulfonamides is 1. The lowest BCUT2D eigenvalue weighted by molar-refractivity contribution is 0.483. The average molecular weight is 343 g/mol. The zero-order chi connectivity index (χ0) is 17.0. The Bertz CT molecular complexity index is 943. The van der Waals surface area contributed by atoms with E-state index < -0.39 is 20.7 Å². The van der Waals surface area contributed by atoms with Crippen molar-refractivity contribution in [2.45, 2.75) is 4.90 Å². The highest BCUT2D eigenvalue weighted by Gasteiger charge is 2.18. The summed E-state index contributed by atoms with van der Waals surface area (Å²) >= 11 is 0. The van der Waals surface area contributed by atoms with Crippen LogP contribution >= 0.6 is 0 Å². The van der Waals surface area contributed by atoms with Crippen LogP contribution in [0.4, 0.5) is 10.1 Å². The van der Waals surface area contributed by atoms with Crippen LogP contribution in [0.5, 0.6) is 11.5 Å². The zero-order valence-corrected chi connectivity index (χ0v) is 13.3. The maximum atomic E-state index is 13.7. The Balaban J connectivity index is 1.83. The predicted molar refractivity (Wildman–Crippen MR) is 90.2 cm³/mol. The van der Waals surface area contributed by atoms with E-state index in [-0.39, 0.29) is 5.69 Å². The molecule has 122 valence electrons. The van der Waals surface area contributed by atoms with Gasteiger partial charge in [-0.15, -0.1) is 0 Å². The van der Waals surface area contributed by atoms with Crippen LogP contribution in [0, 0.1) is 5.82 Å². The molecule has 0 saturated carbocycles. The van der Waals surface area contributed by atoms with Crippen LogP contribution in [0.3, 0.4) is 0 Å². The molecule has 3 rings (SSSR count). The van der Waals surface area contributed by atoms with Crippen molar-refractivity contribution in [3.8, 4) is 11.5 Å². The van der Waals surface area contributed by atoms with Crippen molar-refractivity contribution < 1.29 is 17.5 Å². The van der Waals surface area contributed by atoms with Crippen molar-refractivity contribution in [3.05, 3.63) is 84.7 Å². The molecule has 0 spiro atoms. The quantitative estimate of drug-likeness (QED) is 0.746. The standard InChI is InChI=1S/C18H14FNO3S/c19-17-11-4-5-12-18(17)24(21,22)20-14-7-6-10-16(13-14)23-15-8-2-1-3-9-15/h1-13,20H. The second-order valence-corrected chi connectivity index (χ2v) is 6.63. The van der Waals surface area contributed by atoms with Gasteiger partial charge in [0.05, 0.1) is 5.69 Å². The van der Waals surface area contributed by atoms with Crippen molar-refractivity contribution in [1.29, 1.82) is 0 Å². The molecule has 0 aliphatic heterocycles. The van der Waals surface area contributed by atoms with Gasteiger partial charge in [-0.1, -0.05) is 36.4 Å². The van der Waals surface area contributed by atoms with Crippen LogP contribution in [-0.4, -0.2) is 8.42 Å². The van der Waals surface area contributed by atoms with Gasteiger partial charge in [0.2, 0.25) is 0 Å². The first-order valence-electron chi connectivity index (χ1n) is 7.15. The van der Waals surface area contributed by atoms with Crippen molar-refractivity contribution in [2.24, 2.45) is 0 Å². The molecule has 0 heterocycles. The van der Waals surface area contributed by atoms with E-state index >= 15 is 0 Å². The summed E-state index contributed by atoms with van der Waals surface area (Å²) in [5, 5.41) is 0. The molecule has 4 nitrogen and oxygen atoms in total. The van der Waals surface area contributed by atoms with Crippen LogP contribution in [0.1, 0.15) is 0 Å². The van der Waals surface area contributed by atoms with Gasteiger partial charge in [-0.25, -0.2) is 12.8 Å². The summed E-state index contributed by atoms with van der Waals surface area (Å²) in [4.78, 5) is -0.403. The summed E-state index contributed by atoms with van der Waals surface area (Å²) in [6.07, 6.45) is 0. The predicted octanol–water partition coefficient (Wildman–Crippen LogP) is 4.42. The van der Waals surface area contributed by atoms with E-state index in [1.54, 1.807) is 30.3 Å². The third-order valence-electron chi connectivity index (χ3n) is 3.19. The SMILES string of the molecule is O=S(=O)(Nc1cccc(Oc2ccccc2)c1)c1ccccc1F. The molecule has 3 aromatic rings. The van der Waals surface area contributed by atoms with E-state index in [1.807, 2.05) is 18.2 Å². The fourth-order valence-electron chi connectivity index (χ4n) is 2.12. The highest BCUT2D eigenvalue weighted by molar-refractivity contribution is 7.92. The van der Waals surface area contributed by atoms with Crippen molar-refractivity contribution >= 4 is 15.7 Å². The second-order valence-electron chi connectivity index (χ2n) is 4.98. The number of benzene rings is 3. The van der Waals surface area contributed by atoms with Gasteiger partial charge in [-0.05, 0) is 36.4 Å². The minimum absolute atomic E-state index is 0.284. The van der Waals surface area contributed by atoms with Gasteiger partial charge >= 0.3 is 0 Å². The maximum Gasteiger partial charge on any atom is 0.264 e. The second kappa shape index (κ2) is 6.72. The molecular weight excluding hydrogens is 329 g/mol. The lowest BCUT2D eigenvalue weighted by Gasteiger charge is -2.11. The van der Waals surface area contributed by atoms with Crippen LogP contribution in [0.15, 0.2) is 83.8 Å². The van der Waals surface area contributed by atoms with Crippen molar-refractivity contribution in [1.82, 2.24) is 0 Å². The summed E-state index contributed by atoms with van der Waals surface area (Å²) in [5.41, 5.74) is 0.284. The van der Waals surface area contributed by atoms with Crippen LogP contribution in [0.2, 0.25) is 0 Å². The first-order chi connectivity index (χ1) is 11.5. The van der Waals surface area contributed by atoms with Gasteiger partial charge in [0.15, 0.2) is 0 Å². The molecule has 0 aliphatic rings. The highest BCUT2D eigenvalue weighted by atomic mass is 32.2. The number of nitrogens with one attached hydrogen (secondary N) is 1. The average Bonchev–Trinajstić information content (AvgIpc) is 2.56. The van der Waals surface area contributed by atoms with Gasteiger partial charge in [-0.3, -0.25) is 4.72 Å². The lowest BCUT2D eigenvalue weighted by Crippen LogP contribution is -2.14. The maximum absolute atomic E-state index is 13.7. The van der Waals surface area contributed by atoms with Gasteiger partial charge in [0.1, 0.15) is 22.2 Å². The molecule has 0 radical (unpaired) electrons. The number of para-hydroxylation sites is 1. The van der Waals surface area contributed by atoms with Gasteiger partial charge < -0.3 is 4.74 Å². The number of hydrogen-bond donors (Lipinski definition) is 1. The molecule has 0 unspecified atom stereocenters. The van der Waals surface area contributed by atoms with Crippen LogP contribution < -0.4 is 9.46 Å². The molecule has 0 amide bonds. The first kappa shape index (κ1) is 16.0. The van der Waals surface area contributed by atoms with E-state index in [1.165, 1.54) is 24.3 Å². The fraction of sp³-hybridized carbons (Fsp3) is 0. The molecule has 0 atom stereocenters. The van der Waals surface area contributed by atoms with E-state index in [9.17, 15) is 12.8 Å². The monoisotopic (exact) mass is 343 g/mol. The number of hydrogen-bond acceptors (Lipinski definition) is 3. The normalized spacial score (nSPS) is 11.0. The summed E-state index contributed by atoms with van der Waals surface area (Å²) in [6, 6.07) is 20.8. The fourth-order valence-corrected chi connectivity index (χ4v) is 3.25. The van der Waals surface area contributed by atoms with Crippen LogP contribution in [0.25, 0.3) is 0 Å². The highest BCUT2D eigenvalue weighted by Crippen LogP contribution is 2.25. The molecule has 0 saturated heterocycles. The molecule has 3 aromatic carbocycles. The molecular formula is C18H14FNO3S. The summed E-state index contributed by atoms with van der Waals surface area (Å²) in [6.45, 7) is 0. The number of anilines is 1. The zero-order valence-electron chi connectivity index (χ0n) is 12.5. The topological polar surface area (TPSA) is 55.4 Å². The number of ether oxygens (including phenoxy) is 1. The van der Waals surface area contributed by atoms with E-state index in [0.717, 1.165) is 6.07 Å². The molecule has 0 bridgehead atoms. The minimum atomic E-state index is -4.01. The molecule has 24 heavy (non-hydrogen) atoms. The smallest absolute Gasteiger partial charge is 0.264 e. The number of rotatable bonds is 5. The molecule has 0 aliphatic carbocycles. The Hall–Kier alpha value is -2.86. The minimum Gasteiger partial charge on any atom is -0.457 e. The van der Waals surface area contributed by atoms with Gasteiger partial charge in [0.25, 0.3) is 10.0 Å². The summed E-state index contributed by atoms with van der Waals surface area (Å²) in [5.74, 6) is 0.295. The van der Waals surface area contributed by atoms with Gasteiger partial charge in [-0.2, -0.15) is 0 Å². The Kier molecular flexibility index (Phi) is 4.48. The molecule has 6 heteroatoms. The van der Waals surface area contributed by atoms with E-state index in [4.69, 9.17) is 4.74 Å². The van der Waals surface area contributed by atoms with Gasteiger partial charge in [0, 0.05) is 6.07 Å². The Morgan fingerprint density at radius 3 is 2.21 bits per heavy atom. The Labute approximate surface area is 139 Å². The number of halogens is 1. The van der Waals surface area contributed by atoms with E-state index in [2.05, 4.69) is 4.72 Å².